The van der Waals surface area contributed by atoms with Crippen molar-refractivity contribution in [1.29, 1.82) is 0 Å². The van der Waals surface area contributed by atoms with Gasteiger partial charge in [0.05, 0.1) is 0 Å². The molecule has 0 saturated carbocycles. The van der Waals surface area contributed by atoms with Crippen LogP contribution in [-0.2, 0) is 9.53 Å². The van der Waals surface area contributed by atoms with Crippen LogP contribution in [0.4, 0.5) is 0 Å². The molecule has 0 heterocycles. The van der Waals surface area contributed by atoms with Crippen LogP contribution in [0, 0.1) is 0 Å². The highest BCUT2D eigenvalue weighted by atomic mass is 16.5. The van der Waals surface area contributed by atoms with Gasteiger partial charge in [-0.25, -0.2) is 4.79 Å². The molecule has 0 aliphatic rings. The van der Waals surface area contributed by atoms with E-state index in [2.05, 4.69) is 13.2 Å². The van der Waals surface area contributed by atoms with Crippen LogP contribution in [-0.4, -0.2) is 18.4 Å². The summed E-state index contributed by atoms with van der Waals surface area (Å²) < 4.78 is 4.72. The molecule has 82 valence electrons. The van der Waals surface area contributed by atoms with Gasteiger partial charge >= 0.3 is 5.97 Å². The molecule has 0 amide bonds. The maximum absolute atomic E-state index is 11.7. The zero-order chi connectivity index (χ0) is 12.0. The molecule has 0 bridgehead atoms. The average Bonchev–Trinajstić information content (AvgIpc) is 2.35. The van der Waals surface area contributed by atoms with Crippen molar-refractivity contribution in [2.24, 2.45) is 0 Å². The predicted molar refractivity (Wildman–Crippen MR) is 61.1 cm³/mol. The Balaban J connectivity index is 2.72. The Hall–Kier alpha value is -2.16. The molecular weight excluding hydrogens is 204 g/mol. The van der Waals surface area contributed by atoms with E-state index in [1.54, 1.807) is 30.3 Å². The average molecular weight is 216 g/mol. The number of hydrogen-bond acceptors (Lipinski definition) is 3. The Morgan fingerprint density at radius 2 is 1.88 bits per heavy atom. The number of benzene rings is 1. The zero-order valence-corrected chi connectivity index (χ0v) is 8.81. The summed E-state index contributed by atoms with van der Waals surface area (Å²) in [4.78, 5) is 23.0. The van der Waals surface area contributed by atoms with E-state index in [0.717, 1.165) is 0 Å². The summed E-state index contributed by atoms with van der Waals surface area (Å²) in [6, 6.07) is 8.46. The molecule has 3 heteroatoms. The number of ketones is 1. The molecule has 0 aliphatic carbocycles. The molecule has 0 spiro atoms. The summed E-state index contributed by atoms with van der Waals surface area (Å²) in [6.45, 7) is 6.90. The molecule has 0 radical (unpaired) electrons. The summed E-state index contributed by atoms with van der Waals surface area (Å²) in [5.41, 5.74) is 0.246. The first-order chi connectivity index (χ1) is 7.66. The van der Waals surface area contributed by atoms with Gasteiger partial charge in [-0.2, -0.15) is 0 Å². The van der Waals surface area contributed by atoms with Gasteiger partial charge in [0.2, 0.25) is 0 Å². The van der Waals surface area contributed by atoms with Crippen LogP contribution < -0.4 is 0 Å². The standard InChI is InChI=1S/C13H12O3/c1-3-9-16-13(15)10(2)12(14)11-7-5-4-6-8-11/h3-8H,1-2,9H2. The largest absolute Gasteiger partial charge is 0.458 e. The van der Waals surface area contributed by atoms with Crippen molar-refractivity contribution >= 4 is 11.8 Å². The first-order valence-electron chi connectivity index (χ1n) is 4.73. The molecule has 0 aliphatic heterocycles. The van der Waals surface area contributed by atoms with Crippen LogP contribution in [0.15, 0.2) is 55.1 Å². The number of Topliss-reactive ketones (excluding diaryl/α,β-unsaturated/α-hetero) is 1. The van der Waals surface area contributed by atoms with Gasteiger partial charge in [-0.1, -0.05) is 49.6 Å². The van der Waals surface area contributed by atoms with Gasteiger partial charge in [0.1, 0.15) is 12.2 Å². The van der Waals surface area contributed by atoms with Gasteiger partial charge < -0.3 is 4.74 Å². The van der Waals surface area contributed by atoms with E-state index in [4.69, 9.17) is 4.74 Å². The molecule has 0 atom stereocenters. The van der Waals surface area contributed by atoms with Gasteiger partial charge in [-0.05, 0) is 0 Å². The van der Waals surface area contributed by atoms with Gasteiger partial charge in [0, 0.05) is 5.56 Å². The summed E-state index contributed by atoms with van der Waals surface area (Å²) in [5.74, 6) is -1.14. The minimum atomic E-state index is -0.714. The van der Waals surface area contributed by atoms with E-state index in [9.17, 15) is 9.59 Å². The molecule has 0 unspecified atom stereocenters. The first kappa shape index (κ1) is 11.9. The van der Waals surface area contributed by atoms with Gasteiger partial charge in [0.15, 0.2) is 5.78 Å². The molecule has 1 aromatic carbocycles. The molecule has 1 rings (SSSR count). The Labute approximate surface area is 94.0 Å². The lowest BCUT2D eigenvalue weighted by atomic mass is 10.1. The highest BCUT2D eigenvalue weighted by Gasteiger charge is 2.17. The van der Waals surface area contributed by atoms with Crippen LogP contribution in [0.2, 0.25) is 0 Å². The summed E-state index contributed by atoms with van der Waals surface area (Å²) in [7, 11) is 0. The van der Waals surface area contributed by atoms with Crippen molar-refractivity contribution < 1.29 is 14.3 Å². The van der Waals surface area contributed by atoms with Gasteiger partial charge in [-0.15, -0.1) is 0 Å². The van der Waals surface area contributed by atoms with Gasteiger partial charge in [-0.3, -0.25) is 4.79 Å². The second-order valence-electron chi connectivity index (χ2n) is 3.06. The first-order valence-corrected chi connectivity index (χ1v) is 4.73. The number of hydrogen-bond donors (Lipinski definition) is 0. The lowest BCUT2D eigenvalue weighted by Gasteiger charge is -2.04. The second kappa shape index (κ2) is 5.66. The van der Waals surface area contributed by atoms with Crippen molar-refractivity contribution in [2.75, 3.05) is 6.61 Å². The van der Waals surface area contributed by atoms with E-state index < -0.39 is 11.8 Å². The third-order valence-corrected chi connectivity index (χ3v) is 1.89. The molecule has 1 aromatic rings. The molecular formula is C13H12O3. The van der Waals surface area contributed by atoms with E-state index in [1.807, 2.05) is 0 Å². The SMILES string of the molecule is C=CCOC(=O)C(=C)C(=O)c1ccccc1. The maximum atomic E-state index is 11.7. The smallest absolute Gasteiger partial charge is 0.341 e. The van der Waals surface area contributed by atoms with E-state index in [1.165, 1.54) is 6.08 Å². The lowest BCUT2D eigenvalue weighted by molar-refractivity contribution is -0.137. The molecule has 0 N–H and O–H groups in total. The number of esters is 1. The predicted octanol–water partition coefficient (Wildman–Crippen LogP) is 2.15. The minimum absolute atomic E-state index is 0.0694. The van der Waals surface area contributed by atoms with Crippen LogP contribution >= 0.6 is 0 Å². The van der Waals surface area contributed by atoms with Crippen LogP contribution in [0.1, 0.15) is 10.4 Å². The maximum Gasteiger partial charge on any atom is 0.341 e. The minimum Gasteiger partial charge on any atom is -0.458 e. The molecule has 0 aromatic heterocycles. The van der Waals surface area contributed by atoms with Crippen LogP contribution in [0.25, 0.3) is 0 Å². The fraction of sp³-hybridized carbons (Fsp3) is 0.0769. The van der Waals surface area contributed by atoms with E-state index in [0.29, 0.717) is 5.56 Å². The van der Waals surface area contributed by atoms with Crippen molar-refractivity contribution in [1.82, 2.24) is 0 Å². The fourth-order valence-electron chi connectivity index (χ4n) is 1.08. The van der Waals surface area contributed by atoms with E-state index in [-0.39, 0.29) is 12.2 Å². The molecule has 16 heavy (non-hydrogen) atoms. The van der Waals surface area contributed by atoms with Crippen molar-refractivity contribution in [3.63, 3.8) is 0 Å². The monoisotopic (exact) mass is 216 g/mol. The highest BCUT2D eigenvalue weighted by Crippen LogP contribution is 2.07. The quantitative estimate of drug-likeness (QED) is 0.189. The van der Waals surface area contributed by atoms with Crippen molar-refractivity contribution in [3.8, 4) is 0 Å². The number of rotatable bonds is 5. The van der Waals surface area contributed by atoms with E-state index >= 15 is 0 Å². The molecule has 0 saturated heterocycles. The molecule has 0 fully saturated rings. The number of carbonyl (C=O) groups excluding carboxylic acids is 2. The Morgan fingerprint density at radius 1 is 1.25 bits per heavy atom. The normalized spacial score (nSPS) is 9.25. The van der Waals surface area contributed by atoms with Crippen LogP contribution in [0.3, 0.4) is 0 Å². The molecule has 3 nitrogen and oxygen atoms in total. The Bertz CT molecular complexity index is 418. The third-order valence-electron chi connectivity index (χ3n) is 1.89. The second-order valence-corrected chi connectivity index (χ2v) is 3.06. The zero-order valence-electron chi connectivity index (χ0n) is 8.81. The Kier molecular flexibility index (Phi) is 4.21. The van der Waals surface area contributed by atoms with Crippen LogP contribution in [0.5, 0.6) is 0 Å². The summed E-state index contributed by atoms with van der Waals surface area (Å²) in [5, 5.41) is 0. The van der Waals surface area contributed by atoms with Gasteiger partial charge in [0.25, 0.3) is 0 Å². The number of ether oxygens (including phenoxy) is 1. The lowest BCUT2D eigenvalue weighted by Crippen LogP contribution is -2.15. The highest BCUT2D eigenvalue weighted by molar-refractivity contribution is 6.23. The third kappa shape index (κ3) is 2.92. The summed E-state index contributed by atoms with van der Waals surface area (Å²) >= 11 is 0. The van der Waals surface area contributed by atoms with Crippen molar-refractivity contribution in [2.45, 2.75) is 0 Å². The topological polar surface area (TPSA) is 43.4 Å². The Morgan fingerprint density at radius 3 is 2.44 bits per heavy atom. The van der Waals surface area contributed by atoms with Crippen molar-refractivity contribution in [3.05, 3.63) is 60.7 Å². The fourth-order valence-corrected chi connectivity index (χ4v) is 1.08. The number of carbonyl (C=O) groups is 2. The summed E-state index contributed by atoms with van der Waals surface area (Å²) in [6.07, 6.45) is 1.43.